The lowest BCUT2D eigenvalue weighted by Crippen LogP contribution is -2.59. The molecule has 20 heavy (non-hydrogen) atoms. The second-order valence-electron chi connectivity index (χ2n) is 6.38. The minimum Gasteiger partial charge on any atom is -0.312 e. The minimum absolute atomic E-state index is 0.187. The molecule has 1 aromatic heterocycles. The van der Waals surface area contributed by atoms with Crippen molar-refractivity contribution in [2.75, 3.05) is 19.6 Å². The maximum atomic E-state index is 4.25. The molecule has 2 rings (SSSR count). The maximum Gasteiger partial charge on any atom is 0.0309 e. The normalized spacial score (nSPS) is 18.9. The van der Waals surface area contributed by atoms with Crippen molar-refractivity contribution in [3.8, 4) is 0 Å². The zero-order valence-electron chi connectivity index (χ0n) is 13.2. The monoisotopic (exact) mass is 275 g/mol. The zero-order chi connectivity index (χ0) is 14.4. The number of hydrogen-bond donors (Lipinski definition) is 1. The molecule has 1 N–H and O–H groups in total. The molecule has 1 aromatic rings. The fraction of sp³-hybridized carbons (Fsp3) is 0.706. The molecular weight excluding hydrogens is 246 g/mol. The SMILES string of the molecule is CCNC(Cc1cccnc1)C(C)(C)N1CCCCC1. The topological polar surface area (TPSA) is 28.2 Å². The summed E-state index contributed by atoms with van der Waals surface area (Å²) in [5, 5.41) is 3.70. The number of hydrogen-bond acceptors (Lipinski definition) is 3. The number of nitrogens with zero attached hydrogens (tertiary/aromatic N) is 2. The summed E-state index contributed by atoms with van der Waals surface area (Å²) >= 11 is 0. The highest BCUT2D eigenvalue weighted by Crippen LogP contribution is 2.25. The van der Waals surface area contributed by atoms with E-state index in [4.69, 9.17) is 0 Å². The highest BCUT2D eigenvalue weighted by atomic mass is 15.2. The first-order valence-electron chi connectivity index (χ1n) is 8.02. The quantitative estimate of drug-likeness (QED) is 0.865. The molecule has 0 radical (unpaired) electrons. The maximum absolute atomic E-state index is 4.25. The summed E-state index contributed by atoms with van der Waals surface area (Å²) in [5.74, 6) is 0. The lowest BCUT2D eigenvalue weighted by atomic mass is 9.86. The molecule has 112 valence electrons. The first-order valence-corrected chi connectivity index (χ1v) is 8.02. The molecule has 1 aliphatic rings. The standard InChI is InChI=1S/C17H29N3/c1-4-19-16(13-15-9-8-10-18-14-15)17(2,3)20-11-6-5-7-12-20/h8-10,14,16,19H,4-7,11-13H2,1-3H3. The Bertz CT molecular complexity index is 382. The van der Waals surface area contributed by atoms with Gasteiger partial charge in [0.1, 0.15) is 0 Å². The van der Waals surface area contributed by atoms with E-state index in [9.17, 15) is 0 Å². The third-order valence-electron chi connectivity index (χ3n) is 4.64. The number of likely N-dealkylation sites (N-methyl/N-ethyl adjacent to an activating group) is 1. The van der Waals surface area contributed by atoms with Crippen molar-refractivity contribution in [1.29, 1.82) is 0 Å². The van der Waals surface area contributed by atoms with Crippen LogP contribution in [0.1, 0.15) is 45.6 Å². The summed E-state index contributed by atoms with van der Waals surface area (Å²) in [7, 11) is 0. The van der Waals surface area contributed by atoms with Crippen molar-refractivity contribution < 1.29 is 0 Å². The Balaban J connectivity index is 2.09. The van der Waals surface area contributed by atoms with Gasteiger partial charge in [0.15, 0.2) is 0 Å². The van der Waals surface area contributed by atoms with Crippen molar-refractivity contribution in [3.05, 3.63) is 30.1 Å². The Kier molecular flexibility index (Phi) is 5.55. The lowest BCUT2D eigenvalue weighted by Gasteiger charge is -2.46. The number of aromatic nitrogens is 1. The Morgan fingerprint density at radius 1 is 1.30 bits per heavy atom. The fourth-order valence-electron chi connectivity index (χ4n) is 3.26. The molecule has 1 atom stereocenters. The van der Waals surface area contributed by atoms with Crippen molar-refractivity contribution in [1.82, 2.24) is 15.2 Å². The third-order valence-corrected chi connectivity index (χ3v) is 4.64. The van der Waals surface area contributed by atoms with Gasteiger partial charge >= 0.3 is 0 Å². The van der Waals surface area contributed by atoms with Crippen LogP contribution in [0.3, 0.4) is 0 Å². The van der Waals surface area contributed by atoms with Gasteiger partial charge in [0.2, 0.25) is 0 Å². The Morgan fingerprint density at radius 2 is 2.05 bits per heavy atom. The van der Waals surface area contributed by atoms with Gasteiger partial charge in [-0.05, 0) is 64.4 Å². The van der Waals surface area contributed by atoms with Crippen LogP contribution in [0.4, 0.5) is 0 Å². The molecule has 0 aliphatic carbocycles. The Morgan fingerprint density at radius 3 is 2.65 bits per heavy atom. The first-order chi connectivity index (χ1) is 9.64. The number of rotatable bonds is 6. The van der Waals surface area contributed by atoms with Crippen LogP contribution in [-0.2, 0) is 6.42 Å². The van der Waals surface area contributed by atoms with Gasteiger partial charge in [0.05, 0.1) is 0 Å². The summed E-state index contributed by atoms with van der Waals surface area (Å²) in [5.41, 5.74) is 1.51. The summed E-state index contributed by atoms with van der Waals surface area (Å²) in [6, 6.07) is 4.69. The molecular formula is C17H29N3. The van der Waals surface area contributed by atoms with Gasteiger partial charge in [-0.25, -0.2) is 0 Å². The second kappa shape index (κ2) is 7.19. The van der Waals surface area contributed by atoms with Gasteiger partial charge < -0.3 is 5.32 Å². The van der Waals surface area contributed by atoms with E-state index >= 15 is 0 Å². The van der Waals surface area contributed by atoms with Crippen LogP contribution in [0.25, 0.3) is 0 Å². The molecule has 2 heterocycles. The van der Waals surface area contributed by atoms with Crippen LogP contribution >= 0.6 is 0 Å². The first kappa shape index (κ1) is 15.5. The highest BCUT2D eigenvalue weighted by molar-refractivity contribution is 5.12. The number of pyridine rings is 1. The largest absolute Gasteiger partial charge is 0.312 e. The van der Waals surface area contributed by atoms with E-state index in [0.29, 0.717) is 6.04 Å². The van der Waals surface area contributed by atoms with Crippen LogP contribution in [0.5, 0.6) is 0 Å². The van der Waals surface area contributed by atoms with Crippen molar-refractivity contribution in [2.24, 2.45) is 0 Å². The van der Waals surface area contributed by atoms with E-state index in [1.165, 1.54) is 37.9 Å². The number of nitrogens with one attached hydrogen (secondary N) is 1. The molecule has 0 aromatic carbocycles. The van der Waals surface area contributed by atoms with Gasteiger partial charge in [-0.1, -0.05) is 19.4 Å². The molecule has 0 amide bonds. The highest BCUT2D eigenvalue weighted by Gasteiger charge is 2.35. The van der Waals surface area contributed by atoms with Gasteiger partial charge in [0.25, 0.3) is 0 Å². The Labute approximate surface area is 123 Å². The average Bonchev–Trinajstić information content (AvgIpc) is 2.49. The summed E-state index contributed by atoms with van der Waals surface area (Å²) in [4.78, 5) is 6.92. The predicted octanol–water partition coefficient (Wildman–Crippen LogP) is 2.87. The van der Waals surface area contributed by atoms with Crippen LogP contribution in [0.15, 0.2) is 24.5 Å². The number of likely N-dealkylation sites (tertiary alicyclic amines) is 1. The Hall–Kier alpha value is -0.930. The van der Waals surface area contributed by atoms with Crippen molar-refractivity contribution in [2.45, 2.75) is 58.0 Å². The van der Waals surface area contributed by atoms with Gasteiger partial charge in [-0.2, -0.15) is 0 Å². The van der Waals surface area contributed by atoms with Crippen molar-refractivity contribution >= 4 is 0 Å². The molecule has 1 unspecified atom stereocenters. The molecule has 0 bridgehead atoms. The summed E-state index contributed by atoms with van der Waals surface area (Å²) in [6.45, 7) is 10.5. The lowest BCUT2D eigenvalue weighted by molar-refractivity contribution is 0.0616. The van der Waals surface area contributed by atoms with E-state index in [-0.39, 0.29) is 5.54 Å². The predicted molar refractivity (Wildman–Crippen MR) is 84.9 cm³/mol. The molecule has 1 fully saturated rings. The fourth-order valence-corrected chi connectivity index (χ4v) is 3.26. The third kappa shape index (κ3) is 3.80. The summed E-state index contributed by atoms with van der Waals surface area (Å²) in [6.07, 6.45) is 8.97. The number of piperidine rings is 1. The van der Waals surface area contributed by atoms with Crippen LogP contribution < -0.4 is 5.32 Å². The van der Waals surface area contributed by atoms with Crippen LogP contribution in [0, 0.1) is 0 Å². The van der Waals surface area contributed by atoms with E-state index < -0.39 is 0 Å². The second-order valence-corrected chi connectivity index (χ2v) is 6.38. The minimum atomic E-state index is 0.187. The molecule has 1 aliphatic heterocycles. The van der Waals surface area contributed by atoms with Crippen LogP contribution in [0.2, 0.25) is 0 Å². The zero-order valence-corrected chi connectivity index (χ0v) is 13.2. The van der Waals surface area contributed by atoms with Gasteiger partial charge in [-0.15, -0.1) is 0 Å². The smallest absolute Gasteiger partial charge is 0.0309 e. The summed E-state index contributed by atoms with van der Waals surface area (Å²) < 4.78 is 0. The molecule has 3 nitrogen and oxygen atoms in total. The van der Waals surface area contributed by atoms with E-state index in [1.807, 2.05) is 18.5 Å². The van der Waals surface area contributed by atoms with E-state index in [2.05, 4.69) is 42.0 Å². The van der Waals surface area contributed by atoms with Gasteiger partial charge in [-0.3, -0.25) is 9.88 Å². The van der Waals surface area contributed by atoms with Crippen molar-refractivity contribution in [3.63, 3.8) is 0 Å². The van der Waals surface area contributed by atoms with Crippen LogP contribution in [-0.4, -0.2) is 41.1 Å². The molecule has 1 saturated heterocycles. The molecule has 0 saturated carbocycles. The molecule has 0 spiro atoms. The van der Waals surface area contributed by atoms with E-state index in [0.717, 1.165) is 13.0 Å². The van der Waals surface area contributed by atoms with E-state index in [1.54, 1.807) is 0 Å². The van der Waals surface area contributed by atoms with Gasteiger partial charge in [0, 0.05) is 24.0 Å². The molecule has 3 heteroatoms. The average molecular weight is 275 g/mol.